The van der Waals surface area contributed by atoms with Crippen LogP contribution >= 0.6 is 15.9 Å². The van der Waals surface area contributed by atoms with Crippen LogP contribution in [0.15, 0.2) is 41.0 Å². The van der Waals surface area contributed by atoms with Crippen molar-refractivity contribution in [1.82, 2.24) is 24.3 Å². The number of ether oxygens (including phenoxy) is 2. The van der Waals surface area contributed by atoms with Crippen LogP contribution in [0.25, 0.3) is 22.3 Å². The minimum absolute atomic E-state index is 0.400. The first-order valence-corrected chi connectivity index (χ1v) is 13.3. The molecule has 0 saturated heterocycles. The first-order chi connectivity index (χ1) is 17.8. The van der Waals surface area contributed by atoms with Gasteiger partial charge >= 0.3 is 5.97 Å². The molecule has 9 nitrogen and oxygen atoms in total. The van der Waals surface area contributed by atoms with E-state index in [1.54, 1.807) is 23.0 Å². The molecule has 0 aliphatic heterocycles. The number of carbonyl (C=O) groups excluding carboxylic acids is 1. The minimum Gasteiger partial charge on any atom is -0.477 e. The van der Waals surface area contributed by atoms with Crippen LogP contribution in [0.4, 0.5) is 5.95 Å². The Labute approximate surface area is 224 Å². The molecule has 1 fully saturated rings. The molecule has 1 aromatic carbocycles. The Morgan fingerprint density at radius 1 is 1.24 bits per heavy atom. The van der Waals surface area contributed by atoms with E-state index >= 15 is 0 Å². The number of halogens is 1. The zero-order chi connectivity index (χ0) is 26.1. The normalized spacial score (nSPS) is 14.2. The Morgan fingerprint density at radius 2 is 2.05 bits per heavy atom. The fraction of sp³-hybridized carbons (Fsp3) is 0.407. The van der Waals surface area contributed by atoms with E-state index in [2.05, 4.69) is 41.6 Å². The second-order valence-electron chi connectivity index (χ2n) is 9.66. The van der Waals surface area contributed by atoms with E-state index in [1.807, 2.05) is 26.1 Å². The predicted molar refractivity (Wildman–Crippen MR) is 145 cm³/mol. The van der Waals surface area contributed by atoms with Crippen molar-refractivity contribution in [3.63, 3.8) is 0 Å². The maximum Gasteiger partial charge on any atom is 0.337 e. The molecule has 3 heterocycles. The minimum atomic E-state index is -0.400. The third-order valence-electron chi connectivity index (χ3n) is 6.94. The van der Waals surface area contributed by atoms with Gasteiger partial charge in [-0.1, -0.05) is 15.9 Å². The van der Waals surface area contributed by atoms with Gasteiger partial charge < -0.3 is 19.8 Å². The van der Waals surface area contributed by atoms with Gasteiger partial charge in [-0.05, 0) is 74.8 Å². The number of methoxy groups -OCH3 is 1. The maximum atomic E-state index is 12.1. The average molecular weight is 567 g/mol. The summed E-state index contributed by atoms with van der Waals surface area (Å²) in [6.07, 6.45) is 6.17. The largest absolute Gasteiger partial charge is 0.477 e. The SMILES string of the molecule is COC(=O)c1cc(C)nc(-c2cnn(C)c2OCCC[C@H](Cn2c(N)nc3cc(Br)ccc32)C2CC2)c1. The van der Waals surface area contributed by atoms with E-state index in [-0.39, 0.29) is 0 Å². The molecule has 0 bridgehead atoms. The number of imidazole rings is 1. The summed E-state index contributed by atoms with van der Waals surface area (Å²) in [6.45, 7) is 3.26. The standard InChI is InChI=1S/C27H31BrN6O3/c1-16-11-19(26(35)36-3)12-22(31-16)21-14-30-33(2)25(21)37-10-4-5-18(17-6-7-17)15-34-24-9-8-20(28)13-23(24)32-27(34)29/h8-9,11-14,17-18H,4-7,10,15H2,1-3H3,(H2,29,32)/t18-/m1/s1. The Hall–Kier alpha value is -3.40. The number of rotatable bonds is 10. The van der Waals surface area contributed by atoms with Gasteiger partial charge in [0.25, 0.3) is 0 Å². The Kier molecular flexibility index (Phi) is 7.19. The van der Waals surface area contributed by atoms with Crippen molar-refractivity contribution in [2.75, 3.05) is 19.5 Å². The van der Waals surface area contributed by atoms with Crippen LogP contribution in [0.3, 0.4) is 0 Å². The molecular weight excluding hydrogens is 536 g/mol. The van der Waals surface area contributed by atoms with Crippen LogP contribution in [0.5, 0.6) is 5.88 Å². The fourth-order valence-corrected chi connectivity index (χ4v) is 5.27. The molecule has 2 N–H and O–H groups in total. The summed E-state index contributed by atoms with van der Waals surface area (Å²) in [5.74, 6) is 2.02. The summed E-state index contributed by atoms with van der Waals surface area (Å²) in [5.41, 5.74) is 10.8. The second kappa shape index (κ2) is 10.5. The number of carbonyl (C=O) groups is 1. The van der Waals surface area contributed by atoms with E-state index in [0.29, 0.717) is 41.5 Å². The Balaban J connectivity index is 1.26. The molecule has 5 rings (SSSR count). The Bertz CT molecular complexity index is 1440. The zero-order valence-corrected chi connectivity index (χ0v) is 22.9. The zero-order valence-electron chi connectivity index (χ0n) is 21.3. The number of anilines is 1. The van der Waals surface area contributed by atoms with Crippen LogP contribution in [-0.4, -0.2) is 44.0 Å². The molecule has 0 amide bonds. The first-order valence-electron chi connectivity index (χ1n) is 12.5. The summed E-state index contributed by atoms with van der Waals surface area (Å²) in [7, 11) is 3.21. The molecule has 0 spiro atoms. The molecule has 3 aromatic heterocycles. The second-order valence-corrected chi connectivity index (χ2v) is 10.6. The highest BCUT2D eigenvalue weighted by molar-refractivity contribution is 9.10. The van der Waals surface area contributed by atoms with Crippen molar-refractivity contribution >= 4 is 38.9 Å². The summed E-state index contributed by atoms with van der Waals surface area (Å²) in [4.78, 5) is 21.2. The summed E-state index contributed by atoms with van der Waals surface area (Å²) in [5, 5.41) is 4.37. The molecule has 4 aromatic rings. The summed E-state index contributed by atoms with van der Waals surface area (Å²) >= 11 is 3.52. The van der Waals surface area contributed by atoms with Crippen molar-refractivity contribution in [3.05, 3.63) is 52.3 Å². The average Bonchev–Trinajstić information content (AvgIpc) is 3.59. The van der Waals surface area contributed by atoms with Gasteiger partial charge in [0.1, 0.15) is 0 Å². The summed E-state index contributed by atoms with van der Waals surface area (Å²) < 4.78 is 15.9. The molecule has 10 heteroatoms. The van der Waals surface area contributed by atoms with Gasteiger partial charge in [0.05, 0.1) is 47.8 Å². The van der Waals surface area contributed by atoms with E-state index in [9.17, 15) is 4.79 Å². The molecule has 1 atom stereocenters. The van der Waals surface area contributed by atoms with Crippen molar-refractivity contribution in [3.8, 4) is 17.1 Å². The van der Waals surface area contributed by atoms with Gasteiger partial charge in [-0.15, -0.1) is 0 Å². The monoisotopic (exact) mass is 566 g/mol. The lowest BCUT2D eigenvalue weighted by atomic mass is 9.97. The quantitative estimate of drug-likeness (QED) is 0.208. The molecular formula is C27H31BrN6O3. The molecule has 0 radical (unpaired) electrons. The number of nitrogen functional groups attached to an aromatic ring is 1. The smallest absolute Gasteiger partial charge is 0.337 e. The van der Waals surface area contributed by atoms with Crippen LogP contribution in [-0.2, 0) is 18.3 Å². The number of hydrogen-bond donors (Lipinski definition) is 1. The van der Waals surface area contributed by atoms with Gasteiger partial charge in [0, 0.05) is 23.8 Å². The fourth-order valence-electron chi connectivity index (χ4n) is 4.92. The van der Waals surface area contributed by atoms with Gasteiger partial charge in [-0.2, -0.15) is 5.10 Å². The number of pyridine rings is 1. The molecule has 1 aliphatic rings. The molecule has 1 aliphatic carbocycles. The number of esters is 1. The first kappa shape index (κ1) is 25.3. The van der Waals surface area contributed by atoms with E-state index in [1.165, 1.54) is 20.0 Å². The van der Waals surface area contributed by atoms with Crippen molar-refractivity contribution in [2.45, 2.75) is 39.2 Å². The number of nitrogens with two attached hydrogens (primary N) is 1. The Morgan fingerprint density at radius 3 is 2.81 bits per heavy atom. The van der Waals surface area contributed by atoms with E-state index in [0.717, 1.165) is 46.1 Å². The number of fused-ring (bicyclic) bond motifs is 1. The van der Waals surface area contributed by atoms with Crippen molar-refractivity contribution < 1.29 is 14.3 Å². The molecule has 1 saturated carbocycles. The number of aryl methyl sites for hydroxylation is 2. The lowest BCUT2D eigenvalue weighted by Gasteiger charge is -2.19. The summed E-state index contributed by atoms with van der Waals surface area (Å²) in [6, 6.07) is 9.53. The van der Waals surface area contributed by atoms with Gasteiger partial charge in [0.2, 0.25) is 11.8 Å². The lowest BCUT2D eigenvalue weighted by Crippen LogP contribution is -2.16. The van der Waals surface area contributed by atoms with Crippen LogP contribution < -0.4 is 10.5 Å². The van der Waals surface area contributed by atoms with E-state index in [4.69, 9.17) is 15.2 Å². The van der Waals surface area contributed by atoms with Gasteiger partial charge in [-0.3, -0.25) is 4.98 Å². The highest BCUT2D eigenvalue weighted by Crippen LogP contribution is 2.41. The van der Waals surface area contributed by atoms with Crippen molar-refractivity contribution in [1.29, 1.82) is 0 Å². The molecule has 37 heavy (non-hydrogen) atoms. The topological polar surface area (TPSA) is 110 Å². The van der Waals surface area contributed by atoms with E-state index < -0.39 is 5.97 Å². The molecule has 0 unspecified atom stereocenters. The number of hydrogen-bond acceptors (Lipinski definition) is 7. The van der Waals surface area contributed by atoms with Crippen molar-refractivity contribution in [2.24, 2.45) is 18.9 Å². The van der Waals surface area contributed by atoms with Gasteiger partial charge in [-0.25, -0.2) is 14.5 Å². The number of benzene rings is 1. The third-order valence-corrected chi connectivity index (χ3v) is 7.43. The van der Waals surface area contributed by atoms with Crippen LogP contribution in [0.1, 0.15) is 41.7 Å². The highest BCUT2D eigenvalue weighted by atomic mass is 79.9. The maximum absolute atomic E-state index is 12.1. The highest BCUT2D eigenvalue weighted by Gasteiger charge is 2.32. The number of aromatic nitrogens is 5. The predicted octanol–water partition coefficient (Wildman–Crippen LogP) is 5.16. The van der Waals surface area contributed by atoms with Gasteiger partial charge in [0.15, 0.2) is 0 Å². The molecule has 194 valence electrons. The number of nitrogens with zero attached hydrogens (tertiary/aromatic N) is 5. The van der Waals surface area contributed by atoms with Crippen LogP contribution in [0.2, 0.25) is 0 Å². The van der Waals surface area contributed by atoms with Crippen LogP contribution in [0, 0.1) is 18.8 Å². The third kappa shape index (κ3) is 5.49. The lowest BCUT2D eigenvalue weighted by molar-refractivity contribution is 0.0600.